The minimum absolute atomic E-state index is 0.0312. The second kappa shape index (κ2) is 8.41. The third-order valence-corrected chi connectivity index (χ3v) is 6.13. The van der Waals surface area contributed by atoms with E-state index in [1.54, 1.807) is 0 Å². The number of ether oxygens (including phenoxy) is 2. The third-order valence-electron chi connectivity index (χ3n) is 2.54. The van der Waals surface area contributed by atoms with Crippen molar-refractivity contribution in [3.63, 3.8) is 0 Å². The number of hydrogen-bond donors (Lipinski definition) is 2. The number of anilines is 1. The lowest BCUT2D eigenvalue weighted by Gasteiger charge is -2.22. The van der Waals surface area contributed by atoms with Crippen LogP contribution in [0.1, 0.15) is 0 Å². The summed E-state index contributed by atoms with van der Waals surface area (Å²) in [5.41, 5.74) is 0. The lowest BCUT2D eigenvalue weighted by atomic mass is 10.6. The summed E-state index contributed by atoms with van der Waals surface area (Å²) in [6.45, 7) is 0. The Morgan fingerprint density at radius 2 is 1.54 bits per heavy atom. The van der Waals surface area contributed by atoms with Gasteiger partial charge in [-0.1, -0.05) is 0 Å². The van der Waals surface area contributed by atoms with Crippen molar-refractivity contribution in [2.75, 3.05) is 40.7 Å². The van der Waals surface area contributed by atoms with Gasteiger partial charge in [-0.25, -0.2) is 9.52 Å². The molecule has 0 bridgehead atoms. The highest BCUT2D eigenvalue weighted by atomic mass is 32.3. The topological polar surface area (TPSA) is 169 Å². The summed E-state index contributed by atoms with van der Waals surface area (Å²) in [5.74, 6) is -0.291. The average molecular weight is 414 g/mol. The summed E-state index contributed by atoms with van der Waals surface area (Å²) in [6.07, 6.45) is 0. The summed E-state index contributed by atoms with van der Waals surface area (Å²) >= 11 is 0. The zero-order valence-corrected chi connectivity index (χ0v) is 16.1. The predicted molar refractivity (Wildman–Crippen MR) is 87.7 cm³/mol. The number of nitrogens with one attached hydrogen (secondary N) is 2. The van der Waals surface area contributed by atoms with Gasteiger partial charge in [0, 0.05) is 14.1 Å². The van der Waals surface area contributed by atoms with Crippen LogP contribution in [0.5, 0.6) is 11.8 Å². The van der Waals surface area contributed by atoms with Gasteiger partial charge in [0.2, 0.25) is 17.7 Å². The van der Waals surface area contributed by atoms with Crippen LogP contribution in [-0.2, 0) is 25.3 Å². The maximum Gasteiger partial charge on any atom is 0.342 e. The molecule has 0 aliphatic rings. The largest absolute Gasteiger partial charge is 0.481 e. The van der Waals surface area contributed by atoms with E-state index < -0.39 is 26.4 Å². The summed E-state index contributed by atoms with van der Waals surface area (Å²) in [5, 5.41) is 2.01. The summed E-state index contributed by atoms with van der Waals surface area (Å²) in [7, 11) is -3.91. The van der Waals surface area contributed by atoms with Crippen molar-refractivity contribution in [3.8, 4) is 11.8 Å². The number of methoxy groups -OCH3 is 2. The average Bonchev–Trinajstić information content (AvgIpc) is 2.53. The second-order valence-corrected chi connectivity index (χ2v) is 8.15. The number of carbonyl (C=O) groups is 1. The first-order valence-electron chi connectivity index (χ1n) is 6.55. The minimum atomic E-state index is -4.92. The molecule has 1 rings (SSSR count). The van der Waals surface area contributed by atoms with Crippen LogP contribution in [0.15, 0.2) is 6.07 Å². The fraction of sp³-hybridized carbons (Fsp3) is 0.500. The van der Waals surface area contributed by atoms with Gasteiger partial charge in [-0.15, -0.1) is 0 Å². The van der Waals surface area contributed by atoms with E-state index in [4.69, 9.17) is 9.47 Å². The number of carbonyl (C=O) groups excluding carboxylic acids is 1. The van der Waals surface area contributed by atoms with E-state index in [1.165, 1.54) is 25.0 Å². The van der Waals surface area contributed by atoms with Gasteiger partial charge < -0.3 is 9.47 Å². The van der Waals surface area contributed by atoms with Crippen molar-refractivity contribution in [1.29, 1.82) is 0 Å². The Kier molecular flexibility index (Phi) is 7.04. The van der Waals surface area contributed by atoms with Crippen LogP contribution < -0.4 is 19.5 Å². The van der Waals surface area contributed by atoms with E-state index in [0.29, 0.717) is 4.31 Å². The van der Waals surface area contributed by atoms with E-state index in [-0.39, 0.29) is 21.6 Å². The molecule has 0 radical (unpaired) electrons. The summed E-state index contributed by atoms with van der Waals surface area (Å²) in [4.78, 5) is 23.8. The Morgan fingerprint density at radius 3 is 1.92 bits per heavy atom. The molecule has 16 heteroatoms. The first-order valence-corrected chi connectivity index (χ1v) is 9.39. The molecule has 26 heavy (non-hydrogen) atoms. The van der Waals surface area contributed by atoms with Gasteiger partial charge in [-0.05, 0) is 0 Å². The Hall–Kier alpha value is -2.27. The van der Waals surface area contributed by atoms with Crippen molar-refractivity contribution >= 4 is 32.4 Å². The van der Waals surface area contributed by atoms with Crippen LogP contribution in [0.25, 0.3) is 0 Å². The fourth-order valence-corrected chi connectivity index (χ4v) is 3.92. The molecule has 2 amide bonds. The molecule has 0 aromatic carbocycles. The van der Waals surface area contributed by atoms with E-state index in [1.807, 2.05) is 5.32 Å². The molecule has 0 unspecified atom stereocenters. The second-order valence-electron chi connectivity index (χ2n) is 4.47. The van der Waals surface area contributed by atoms with Gasteiger partial charge in [0.05, 0.1) is 31.3 Å². The van der Waals surface area contributed by atoms with Gasteiger partial charge >= 0.3 is 26.4 Å². The normalized spacial score (nSPS) is 12.1. The maximum absolute atomic E-state index is 12.1. The van der Waals surface area contributed by atoms with Crippen molar-refractivity contribution in [1.82, 2.24) is 22.9 Å². The maximum atomic E-state index is 12.1. The number of rotatable bonds is 8. The van der Waals surface area contributed by atoms with Crippen LogP contribution in [0.4, 0.5) is 10.7 Å². The molecule has 0 atom stereocenters. The molecular weight excluding hydrogens is 396 g/mol. The molecule has 0 saturated carbocycles. The molecule has 0 aliphatic carbocycles. The molecule has 1 aromatic rings. The van der Waals surface area contributed by atoms with E-state index in [0.717, 1.165) is 21.2 Å². The summed E-state index contributed by atoms with van der Waals surface area (Å²) < 4.78 is 59.4. The monoisotopic (exact) mass is 414 g/mol. The zero-order valence-electron chi connectivity index (χ0n) is 14.4. The van der Waals surface area contributed by atoms with Gasteiger partial charge in [0.15, 0.2) is 0 Å². The van der Waals surface area contributed by atoms with E-state index >= 15 is 0 Å². The lowest BCUT2D eigenvalue weighted by Crippen LogP contribution is -2.50. The highest BCUT2D eigenvalue weighted by Gasteiger charge is 2.38. The zero-order chi connectivity index (χ0) is 20.1. The number of urea groups is 1. The molecule has 148 valence electrons. The molecule has 2 N–H and O–H groups in total. The number of nitrogens with zero attached hydrogens (tertiary/aromatic N) is 4. The quantitative estimate of drug-likeness (QED) is 0.479. The smallest absolute Gasteiger partial charge is 0.342 e. The van der Waals surface area contributed by atoms with Crippen LogP contribution in [0.3, 0.4) is 0 Å². The summed E-state index contributed by atoms with van der Waals surface area (Å²) in [6, 6.07) is -0.0350. The van der Waals surface area contributed by atoms with Gasteiger partial charge in [-0.2, -0.15) is 31.1 Å². The number of hydrogen-bond acceptors (Lipinski definition) is 10. The first kappa shape index (κ1) is 21.8. The minimum Gasteiger partial charge on any atom is -0.481 e. The van der Waals surface area contributed by atoms with Crippen molar-refractivity contribution in [2.24, 2.45) is 0 Å². The molecule has 0 fully saturated rings. The first-order chi connectivity index (χ1) is 12.0. The Balaban J connectivity index is 3.03. The van der Waals surface area contributed by atoms with Crippen LogP contribution in [0, 0.1) is 0 Å². The van der Waals surface area contributed by atoms with Crippen LogP contribution in [0.2, 0.25) is 0 Å². The molecule has 1 heterocycles. The predicted octanol–water partition coefficient (Wildman–Crippen LogP) is -1.47. The van der Waals surface area contributed by atoms with E-state index in [2.05, 4.69) is 14.8 Å². The molecule has 14 nitrogen and oxygen atoms in total. The molecule has 1 aromatic heterocycles. The highest BCUT2D eigenvalue weighted by molar-refractivity contribution is 8.02. The van der Waals surface area contributed by atoms with Gasteiger partial charge in [0.25, 0.3) is 0 Å². The van der Waals surface area contributed by atoms with Gasteiger partial charge in [0.1, 0.15) is 0 Å². The lowest BCUT2D eigenvalue weighted by molar-refractivity contribution is 0.0235. The van der Waals surface area contributed by atoms with Crippen molar-refractivity contribution < 1.29 is 35.9 Å². The molecular formula is C10H18N6O8S2. The van der Waals surface area contributed by atoms with Crippen molar-refractivity contribution in [3.05, 3.63) is 6.07 Å². The Morgan fingerprint density at radius 1 is 1.04 bits per heavy atom. The van der Waals surface area contributed by atoms with Crippen LogP contribution >= 0.6 is 0 Å². The number of aromatic nitrogens is 2. The van der Waals surface area contributed by atoms with Crippen LogP contribution in [-0.4, -0.2) is 76.4 Å². The number of amides is 2. The third kappa shape index (κ3) is 5.11. The van der Waals surface area contributed by atoms with Gasteiger partial charge in [-0.3, -0.25) is 10.2 Å². The Bertz CT molecular complexity index is 834. The molecule has 0 saturated heterocycles. The van der Waals surface area contributed by atoms with E-state index in [9.17, 15) is 21.6 Å². The standard InChI is InChI=1S/C10H18N6O8S2/c1-15(2)26(20,21)16(24-5)25(18,19)14-10(17)13-9-11-7(22-3)6-8(12-9)23-4/h6H,1-5H3,(H2,11,12,13,14,17). The fourth-order valence-electron chi connectivity index (χ4n) is 1.40. The SMILES string of the molecule is COc1cc(OC)nc(NC(=O)NS(=O)(=O)N(OC)S(=O)(=O)N(C)C)n1. The van der Waals surface area contributed by atoms with Crippen molar-refractivity contribution in [2.45, 2.75) is 0 Å². The Labute approximate surface area is 150 Å². The molecule has 0 spiro atoms. The highest BCUT2D eigenvalue weighted by Crippen LogP contribution is 2.17. The molecule has 0 aliphatic heterocycles.